The minimum atomic E-state index is -0.0405. The number of ether oxygens (including phenoxy) is 1. The molecule has 2 heterocycles. The first-order valence-electron chi connectivity index (χ1n) is 9.77. The maximum atomic E-state index is 13.4. The van der Waals surface area contributed by atoms with Crippen molar-refractivity contribution in [2.75, 3.05) is 18.6 Å². The molecule has 1 aromatic carbocycles. The first kappa shape index (κ1) is 18.4. The van der Waals surface area contributed by atoms with Gasteiger partial charge in [-0.1, -0.05) is 24.0 Å². The molecule has 27 heavy (non-hydrogen) atoms. The molecule has 1 aliphatic carbocycles. The van der Waals surface area contributed by atoms with Crippen LogP contribution in [-0.2, 0) is 6.42 Å². The predicted octanol–water partition coefficient (Wildman–Crippen LogP) is 2.61. The van der Waals surface area contributed by atoms with Crippen molar-refractivity contribution in [2.24, 2.45) is 5.92 Å². The summed E-state index contributed by atoms with van der Waals surface area (Å²) in [5.74, 6) is 1.87. The van der Waals surface area contributed by atoms with Gasteiger partial charge in [-0.25, -0.2) is 4.98 Å². The number of nitrogens with zero attached hydrogens (tertiary/aromatic N) is 3. The molecule has 0 amide bonds. The van der Waals surface area contributed by atoms with Crippen LogP contribution in [0.2, 0.25) is 5.15 Å². The molecule has 0 bridgehead atoms. The van der Waals surface area contributed by atoms with Crippen molar-refractivity contribution in [3.05, 3.63) is 39.4 Å². The number of hydrogen-bond acceptors (Lipinski definition) is 4. The van der Waals surface area contributed by atoms with Crippen LogP contribution in [0.25, 0.3) is 0 Å². The average molecular weight is 386 g/mol. The molecule has 0 radical (unpaired) electrons. The largest absolute Gasteiger partial charge is 0.497 e. The van der Waals surface area contributed by atoms with Gasteiger partial charge in [-0.2, -0.15) is 0 Å². The molecule has 0 N–H and O–H groups in total. The van der Waals surface area contributed by atoms with Crippen molar-refractivity contribution >= 4 is 36.4 Å². The van der Waals surface area contributed by atoms with E-state index in [0.29, 0.717) is 16.9 Å². The lowest BCUT2D eigenvalue weighted by Crippen LogP contribution is -2.37. The van der Waals surface area contributed by atoms with E-state index in [1.165, 1.54) is 18.4 Å². The Labute approximate surface area is 165 Å². The molecule has 1 aliphatic heterocycles. The second kappa shape index (κ2) is 7.23. The van der Waals surface area contributed by atoms with Crippen LogP contribution < -0.4 is 20.7 Å². The fourth-order valence-electron chi connectivity index (χ4n) is 4.39. The molecule has 2 aromatic rings. The number of fused-ring (bicyclic) bond motifs is 1. The number of benzene rings is 1. The van der Waals surface area contributed by atoms with Crippen molar-refractivity contribution < 1.29 is 4.74 Å². The molecule has 1 aromatic heterocycles. The highest BCUT2D eigenvalue weighted by molar-refractivity contribution is 6.36. The summed E-state index contributed by atoms with van der Waals surface area (Å²) in [6.45, 7) is 2.90. The van der Waals surface area contributed by atoms with Gasteiger partial charge in [0.05, 0.1) is 7.11 Å². The Morgan fingerprint density at radius 1 is 1.41 bits per heavy atom. The van der Waals surface area contributed by atoms with E-state index in [0.717, 1.165) is 42.7 Å². The van der Waals surface area contributed by atoms with E-state index in [9.17, 15) is 4.79 Å². The average Bonchev–Trinajstić information content (AvgIpc) is 3.49. The molecule has 1 fully saturated rings. The van der Waals surface area contributed by atoms with E-state index in [1.807, 2.05) is 10.6 Å². The molecule has 1 saturated carbocycles. The lowest BCUT2D eigenvalue weighted by molar-refractivity contribution is 0.414. The van der Waals surface area contributed by atoms with Crippen molar-refractivity contribution in [3.8, 4) is 5.75 Å². The zero-order valence-corrected chi connectivity index (χ0v) is 16.9. The van der Waals surface area contributed by atoms with Crippen LogP contribution in [0, 0.1) is 5.92 Å². The van der Waals surface area contributed by atoms with Gasteiger partial charge in [0.2, 0.25) is 5.82 Å². The van der Waals surface area contributed by atoms with Gasteiger partial charge in [0.1, 0.15) is 18.7 Å². The number of anilines is 2. The zero-order valence-electron chi connectivity index (χ0n) is 16.2. The summed E-state index contributed by atoms with van der Waals surface area (Å²) in [6, 6.07) is 4.29. The van der Waals surface area contributed by atoms with E-state index in [2.05, 4.69) is 30.7 Å². The van der Waals surface area contributed by atoms with Crippen LogP contribution >= 0.6 is 11.6 Å². The maximum absolute atomic E-state index is 13.4. The third-order valence-corrected chi connectivity index (χ3v) is 5.95. The highest BCUT2D eigenvalue weighted by atomic mass is 35.5. The van der Waals surface area contributed by atoms with Crippen molar-refractivity contribution in [3.63, 3.8) is 0 Å². The lowest BCUT2D eigenvalue weighted by Gasteiger charge is -2.32. The molecule has 4 rings (SSSR count). The van der Waals surface area contributed by atoms with E-state index in [4.69, 9.17) is 16.3 Å². The number of hydrogen-bond donors (Lipinski definition) is 0. The Kier molecular flexibility index (Phi) is 4.93. The molecule has 142 valence electrons. The summed E-state index contributed by atoms with van der Waals surface area (Å²) in [6.07, 6.45) is 6.95. The van der Waals surface area contributed by atoms with E-state index < -0.39 is 0 Å². The van der Waals surface area contributed by atoms with E-state index >= 15 is 0 Å². The van der Waals surface area contributed by atoms with Crippen LogP contribution in [0.1, 0.15) is 44.2 Å². The highest BCUT2D eigenvalue weighted by Gasteiger charge is 2.33. The Morgan fingerprint density at radius 2 is 2.19 bits per heavy atom. The number of aromatic nitrogens is 2. The van der Waals surface area contributed by atoms with Crippen LogP contribution in [0.15, 0.2) is 23.1 Å². The smallest absolute Gasteiger partial charge is 0.294 e. The van der Waals surface area contributed by atoms with Gasteiger partial charge in [0, 0.05) is 24.5 Å². The Morgan fingerprint density at radius 3 is 2.85 bits per heavy atom. The van der Waals surface area contributed by atoms with Gasteiger partial charge < -0.3 is 14.2 Å². The summed E-state index contributed by atoms with van der Waals surface area (Å²) in [5, 5.41) is 0.377. The Hall–Kier alpha value is -1.95. The van der Waals surface area contributed by atoms with Gasteiger partial charge in [0.15, 0.2) is 0 Å². The SMILES string of the molecule is Bc1cc(OC)cc2c1N(c1nc(Cl)cn([C@@H](CC)C3CC3)c1=O)CCC2. The summed E-state index contributed by atoms with van der Waals surface area (Å²) in [5.41, 5.74) is 3.31. The van der Waals surface area contributed by atoms with Gasteiger partial charge in [-0.05, 0) is 55.7 Å². The molecule has 2 aliphatic rings. The van der Waals surface area contributed by atoms with Gasteiger partial charge >= 0.3 is 0 Å². The number of aryl methyl sites for hydroxylation is 1. The number of methoxy groups -OCH3 is 1. The quantitative estimate of drug-likeness (QED) is 0.742. The fourth-order valence-corrected chi connectivity index (χ4v) is 4.57. The molecule has 0 unspecified atom stereocenters. The maximum Gasteiger partial charge on any atom is 0.294 e. The highest BCUT2D eigenvalue weighted by Crippen LogP contribution is 2.41. The molecule has 0 spiro atoms. The topological polar surface area (TPSA) is 47.4 Å². The standard InChI is InChI=1S/C20H25BClN3O2/c1-3-16(12-6-7-12)25-11-17(22)23-19(20(25)26)24-8-4-5-13-9-14(27-2)10-15(21)18(13)24/h9-12,16H,3-8,21H2,1-2H3/t16-/m0/s1. The number of rotatable bonds is 5. The predicted molar refractivity (Wildman–Crippen MR) is 112 cm³/mol. The zero-order chi connectivity index (χ0) is 19.1. The monoisotopic (exact) mass is 385 g/mol. The second-order valence-electron chi connectivity index (χ2n) is 7.62. The van der Waals surface area contributed by atoms with E-state index in [1.54, 1.807) is 13.3 Å². The van der Waals surface area contributed by atoms with Crippen LogP contribution in [-0.4, -0.2) is 31.1 Å². The summed E-state index contributed by atoms with van der Waals surface area (Å²) >= 11 is 6.36. The van der Waals surface area contributed by atoms with E-state index in [-0.39, 0.29) is 11.6 Å². The lowest BCUT2D eigenvalue weighted by atomic mass is 9.87. The minimum Gasteiger partial charge on any atom is -0.497 e. The molecule has 7 heteroatoms. The number of halogens is 1. The van der Waals surface area contributed by atoms with Gasteiger partial charge in [-0.15, -0.1) is 0 Å². The van der Waals surface area contributed by atoms with Crippen LogP contribution in [0.3, 0.4) is 0 Å². The summed E-state index contributed by atoms with van der Waals surface area (Å²) < 4.78 is 7.25. The first-order chi connectivity index (χ1) is 13.0. The van der Waals surface area contributed by atoms with Crippen LogP contribution in [0.4, 0.5) is 11.5 Å². The van der Waals surface area contributed by atoms with Crippen molar-refractivity contribution in [1.29, 1.82) is 0 Å². The molecule has 1 atom stereocenters. The van der Waals surface area contributed by atoms with Gasteiger partial charge in [0.25, 0.3) is 5.56 Å². The third-order valence-electron chi connectivity index (χ3n) is 5.77. The van der Waals surface area contributed by atoms with Crippen LogP contribution in [0.5, 0.6) is 5.75 Å². The molecular weight excluding hydrogens is 361 g/mol. The Balaban J connectivity index is 1.84. The third kappa shape index (κ3) is 3.36. The molecular formula is C20H25BClN3O2. The summed E-state index contributed by atoms with van der Waals surface area (Å²) in [4.78, 5) is 19.9. The minimum absolute atomic E-state index is 0.0405. The van der Waals surface area contributed by atoms with Crippen molar-refractivity contribution in [2.45, 2.75) is 45.1 Å². The molecule has 5 nitrogen and oxygen atoms in total. The normalized spacial score (nSPS) is 17.5. The Bertz CT molecular complexity index is 926. The summed E-state index contributed by atoms with van der Waals surface area (Å²) in [7, 11) is 3.74. The molecule has 0 saturated heterocycles. The fraction of sp³-hybridized carbons (Fsp3) is 0.500. The van der Waals surface area contributed by atoms with Gasteiger partial charge in [-0.3, -0.25) is 4.79 Å². The van der Waals surface area contributed by atoms with Crippen molar-refractivity contribution in [1.82, 2.24) is 9.55 Å². The second-order valence-corrected chi connectivity index (χ2v) is 8.01. The first-order valence-corrected chi connectivity index (χ1v) is 10.1.